The molecule has 0 aromatic heterocycles. The number of esters is 1. The van der Waals surface area contributed by atoms with Crippen LogP contribution in [0.15, 0.2) is 42.2 Å². The van der Waals surface area contributed by atoms with Crippen molar-refractivity contribution in [2.45, 2.75) is 32.6 Å². The number of fused-ring (bicyclic) bond motifs is 1. The molecule has 1 aromatic carbocycles. The number of amides is 1. The summed E-state index contributed by atoms with van der Waals surface area (Å²) < 4.78 is 10.3. The summed E-state index contributed by atoms with van der Waals surface area (Å²) in [6, 6.07) is 9.81. The van der Waals surface area contributed by atoms with Crippen LogP contribution in [0.1, 0.15) is 12.0 Å². The summed E-state index contributed by atoms with van der Waals surface area (Å²) in [4.78, 5) is 40.3. The highest BCUT2D eigenvalue weighted by Gasteiger charge is 2.77. The van der Waals surface area contributed by atoms with Crippen molar-refractivity contribution in [3.05, 3.63) is 47.7 Å². The Morgan fingerprint density at radius 1 is 1.10 bits per heavy atom. The van der Waals surface area contributed by atoms with Gasteiger partial charge in [-0.3, -0.25) is 14.4 Å². The van der Waals surface area contributed by atoms with Gasteiger partial charge in [-0.1, -0.05) is 50.0 Å². The fraction of sp³-hybridized carbons (Fsp3) is 0.500. The van der Waals surface area contributed by atoms with Crippen LogP contribution in [0.5, 0.6) is 0 Å². The average molecular weight is 416 g/mol. The molecule has 6 nitrogen and oxygen atoms in total. The molecule has 7 heteroatoms. The van der Waals surface area contributed by atoms with Gasteiger partial charge in [0.15, 0.2) is 5.78 Å². The Labute approximate surface area is 172 Å². The number of benzene rings is 1. The molecule has 156 valence electrons. The highest BCUT2D eigenvalue weighted by Crippen LogP contribution is 2.68. The zero-order valence-electron chi connectivity index (χ0n) is 17.7. The van der Waals surface area contributed by atoms with Gasteiger partial charge < -0.3 is 14.4 Å². The average Bonchev–Trinajstić information content (AvgIpc) is 3.20. The third-order valence-corrected chi connectivity index (χ3v) is 7.04. The van der Waals surface area contributed by atoms with Gasteiger partial charge in [-0.2, -0.15) is 0 Å². The first-order valence-corrected chi connectivity index (χ1v) is 13.5. The van der Waals surface area contributed by atoms with Crippen molar-refractivity contribution >= 4 is 25.7 Å². The van der Waals surface area contributed by atoms with E-state index in [1.165, 1.54) is 20.3 Å². The van der Waals surface area contributed by atoms with E-state index in [-0.39, 0.29) is 18.1 Å². The quantitative estimate of drug-likeness (QED) is 0.482. The maximum absolute atomic E-state index is 13.4. The van der Waals surface area contributed by atoms with Gasteiger partial charge in [0.05, 0.1) is 33.6 Å². The summed E-state index contributed by atoms with van der Waals surface area (Å²) in [5, 5.41) is 0. The summed E-state index contributed by atoms with van der Waals surface area (Å²) in [5.41, 5.74) is -0.104. The Kier molecular flexibility index (Phi) is 5.71. The molecule has 2 aliphatic carbocycles. The molecular weight excluding hydrogens is 386 g/mol. The van der Waals surface area contributed by atoms with Crippen LogP contribution in [0, 0.1) is 17.3 Å². The van der Waals surface area contributed by atoms with Gasteiger partial charge in [0.2, 0.25) is 5.91 Å². The number of nitrogens with zero attached hydrogens (tertiary/aromatic N) is 1. The van der Waals surface area contributed by atoms with Gasteiger partial charge in [0.1, 0.15) is 5.76 Å². The van der Waals surface area contributed by atoms with E-state index in [9.17, 15) is 14.4 Å². The van der Waals surface area contributed by atoms with Crippen LogP contribution < -0.4 is 0 Å². The number of ketones is 1. The number of hydrogen-bond donors (Lipinski definition) is 0. The van der Waals surface area contributed by atoms with E-state index in [1.807, 2.05) is 35.2 Å². The second-order valence-corrected chi connectivity index (χ2v) is 14.6. The van der Waals surface area contributed by atoms with Crippen molar-refractivity contribution in [3.8, 4) is 0 Å². The van der Waals surface area contributed by atoms with E-state index in [0.717, 1.165) is 5.56 Å². The molecule has 1 saturated carbocycles. The van der Waals surface area contributed by atoms with Crippen molar-refractivity contribution < 1.29 is 23.9 Å². The minimum absolute atomic E-state index is 0.0429. The molecule has 1 amide bonds. The summed E-state index contributed by atoms with van der Waals surface area (Å²) in [6.45, 7) is 7.10. The van der Waals surface area contributed by atoms with Gasteiger partial charge in [-0.15, -0.1) is 0 Å². The Hall–Kier alpha value is -2.41. The fourth-order valence-corrected chi connectivity index (χ4v) is 5.92. The molecule has 1 aromatic rings. The maximum atomic E-state index is 13.4. The molecule has 0 bridgehead atoms. The Balaban J connectivity index is 1.86. The van der Waals surface area contributed by atoms with Gasteiger partial charge in [-0.05, 0) is 5.56 Å². The van der Waals surface area contributed by atoms with E-state index in [1.54, 1.807) is 0 Å². The maximum Gasteiger partial charge on any atom is 0.313 e. The molecule has 0 radical (unpaired) electrons. The van der Waals surface area contributed by atoms with Crippen LogP contribution in [-0.2, 0) is 30.4 Å². The van der Waals surface area contributed by atoms with Crippen molar-refractivity contribution in [2.75, 3.05) is 20.4 Å². The van der Waals surface area contributed by atoms with Gasteiger partial charge in [-0.25, -0.2) is 0 Å². The number of carbonyl (C=O) groups is 3. The molecule has 0 saturated heterocycles. The highest BCUT2D eigenvalue weighted by atomic mass is 28.3. The molecular formula is C22H29NO5Si. The molecule has 3 atom stereocenters. The lowest BCUT2D eigenvalue weighted by molar-refractivity contribution is -0.152. The molecule has 0 heterocycles. The Morgan fingerprint density at radius 2 is 1.76 bits per heavy atom. The van der Waals surface area contributed by atoms with Gasteiger partial charge in [0, 0.05) is 31.1 Å². The van der Waals surface area contributed by atoms with E-state index < -0.39 is 31.3 Å². The number of allylic oxidation sites excluding steroid dienone is 2. The molecule has 1 unspecified atom stereocenters. The summed E-state index contributed by atoms with van der Waals surface area (Å²) >= 11 is 0. The molecule has 0 aliphatic heterocycles. The van der Waals surface area contributed by atoms with Crippen LogP contribution >= 0.6 is 0 Å². The van der Waals surface area contributed by atoms with Gasteiger partial charge >= 0.3 is 5.97 Å². The zero-order chi connectivity index (χ0) is 21.4. The SMILES string of the molecule is COC(=O)C1(CC(=O)N(Cc2ccccc2)C[Si](C)(C)C)[C@@H]2C(=O)C=C(OC)[C@@H]21. The van der Waals surface area contributed by atoms with Crippen LogP contribution in [-0.4, -0.2) is 51.0 Å². The lowest BCUT2D eigenvalue weighted by Crippen LogP contribution is -2.45. The Bertz CT molecular complexity index is 845. The van der Waals surface area contributed by atoms with Crippen molar-refractivity contribution in [1.29, 1.82) is 0 Å². The minimum atomic E-state index is -1.60. The number of hydrogen-bond acceptors (Lipinski definition) is 5. The molecule has 3 rings (SSSR count). The summed E-state index contributed by atoms with van der Waals surface area (Å²) in [5.74, 6) is -1.28. The van der Waals surface area contributed by atoms with Crippen LogP contribution in [0.2, 0.25) is 19.6 Å². The summed E-state index contributed by atoms with van der Waals surface area (Å²) in [6.07, 6.45) is 2.07. The third-order valence-electron chi connectivity index (χ3n) is 5.71. The van der Waals surface area contributed by atoms with Crippen molar-refractivity contribution in [2.24, 2.45) is 17.3 Å². The predicted molar refractivity (Wildman–Crippen MR) is 111 cm³/mol. The Morgan fingerprint density at radius 3 is 2.31 bits per heavy atom. The first-order valence-electron chi connectivity index (χ1n) is 9.83. The third kappa shape index (κ3) is 4.01. The fourth-order valence-electron chi connectivity index (χ4n) is 4.49. The smallest absolute Gasteiger partial charge is 0.313 e. The first-order chi connectivity index (χ1) is 13.6. The zero-order valence-corrected chi connectivity index (χ0v) is 18.7. The molecule has 1 fully saturated rings. The van der Waals surface area contributed by atoms with Crippen molar-refractivity contribution in [3.63, 3.8) is 0 Å². The topological polar surface area (TPSA) is 72.9 Å². The van der Waals surface area contributed by atoms with Crippen LogP contribution in [0.3, 0.4) is 0 Å². The molecule has 29 heavy (non-hydrogen) atoms. The normalized spacial score (nSPS) is 25.1. The highest BCUT2D eigenvalue weighted by molar-refractivity contribution is 6.76. The molecule has 0 N–H and O–H groups in total. The number of ether oxygens (including phenoxy) is 2. The molecule has 0 spiro atoms. The second kappa shape index (κ2) is 7.78. The van der Waals surface area contributed by atoms with E-state index in [4.69, 9.17) is 9.47 Å². The number of methoxy groups -OCH3 is 2. The monoisotopic (exact) mass is 415 g/mol. The number of rotatable bonds is 8. The first kappa shape index (κ1) is 21.3. The predicted octanol–water partition coefficient (Wildman–Crippen LogP) is 2.80. The lowest BCUT2D eigenvalue weighted by Gasteiger charge is -2.31. The molecule has 2 aliphatic rings. The van der Waals surface area contributed by atoms with E-state index in [2.05, 4.69) is 19.6 Å². The van der Waals surface area contributed by atoms with Crippen LogP contribution in [0.4, 0.5) is 0 Å². The largest absolute Gasteiger partial charge is 0.501 e. The summed E-state index contributed by atoms with van der Waals surface area (Å²) in [7, 11) is 1.18. The number of carbonyl (C=O) groups excluding carboxylic acids is 3. The standard InChI is InChI=1S/C22H29NO5Si/c1-27-17-11-16(24)19-20(17)22(19,21(26)28-2)12-18(25)23(14-29(3,4)5)13-15-9-7-6-8-10-15/h6-11,19-20H,12-14H2,1-5H3/t19-,20+,22?/m1/s1. The van der Waals surface area contributed by atoms with Crippen LogP contribution in [0.25, 0.3) is 0 Å². The van der Waals surface area contributed by atoms with Gasteiger partial charge in [0.25, 0.3) is 0 Å². The van der Waals surface area contributed by atoms with E-state index >= 15 is 0 Å². The van der Waals surface area contributed by atoms with Crippen molar-refractivity contribution in [1.82, 2.24) is 4.90 Å². The van der Waals surface area contributed by atoms with E-state index in [0.29, 0.717) is 18.5 Å². The minimum Gasteiger partial charge on any atom is -0.501 e. The lowest BCUT2D eigenvalue weighted by atomic mass is 9.92. The second-order valence-electron chi connectivity index (χ2n) is 9.11.